The molecule has 3 aromatic rings. The van der Waals surface area contributed by atoms with E-state index in [0.29, 0.717) is 23.6 Å². The van der Waals surface area contributed by atoms with Gasteiger partial charge in [-0.15, -0.1) is 0 Å². The quantitative estimate of drug-likeness (QED) is 0.661. The van der Waals surface area contributed by atoms with Crippen LogP contribution in [0.4, 0.5) is 5.69 Å². The van der Waals surface area contributed by atoms with Gasteiger partial charge >= 0.3 is 0 Å². The zero-order valence-electron chi connectivity index (χ0n) is 13.6. The molecule has 4 nitrogen and oxygen atoms in total. The molecule has 0 bridgehead atoms. The van der Waals surface area contributed by atoms with E-state index in [-0.39, 0.29) is 0 Å². The van der Waals surface area contributed by atoms with Gasteiger partial charge in [-0.2, -0.15) is 0 Å². The van der Waals surface area contributed by atoms with Gasteiger partial charge in [-0.25, -0.2) is 0 Å². The molecular formula is C21H17NO3. The Hall–Kier alpha value is -3.14. The number of fused-ring (bicyclic) bond motifs is 1. The van der Waals surface area contributed by atoms with E-state index in [1.54, 1.807) is 23.3 Å². The van der Waals surface area contributed by atoms with Crippen molar-refractivity contribution < 1.29 is 14.0 Å². The maximum absolute atomic E-state index is 12.4. The second-order valence-corrected chi connectivity index (χ2v) is 6.08. The Kier molecular flexibility index (Phi) is 3.94. The highest BCUT2D eigenvalue weighted by Gasteiger charge is 2.35. The number of aryl methyl sites for hydroxylation is 1. The number of furan rings is 1. The Morgan fingerprint density at radius 3 is 2.52 bits per heavy atom. The molecule has 0 saturated heterocycles. The summed E-state index contributed by atoms with van der Waals surface area (Å²) in [6, 6.07) is 19.2. The molecule has 1 amide bonds. The average Bonchev–Trinajstić information content (AvgIpc) is 3.26. The molecule has 1 aliphatic rings. The van der Waals surface area contributed by atoms with Gasteiger partial charge < -0.3 is 9.32 Å². The lowest BCUT2D eigenvalue weighted by Crippen LogP contribution is -2.30. The molecule has 0 spiro atoms. The minimum Gasteiger partial charge on any atom is -0.464 e. The summed E-state index contributed by atoms with van der Waals surface area (Å²) in [5.41, 5.74) is 3.18. The predicted octanol–water partition coefficient (Wildman–Crippen LogP) is 4.11. The van der Waals surface area contributed by atoms with Crippen molar-refractivity contribution in [3.8, 4) is 11.3 Å². The lowest BCUT2D eigenvalue weighted by molar-refractivity contribution is -0.114. The number of anilines is 1. The summed E-state index contributed by atoms with van der Waals surface area (Å²) in [5.74, 6) is -0.201. The molecule has 0 aliphatic carbocycles. The third-order valence-electron chi connectivity index (χ3n) is 4.47. The number of rotatable bonds is 5. The Morgan fingerprint density at radius 1 is 0.920 bits per heavy atom. The van der Waals surface area contributed by atoms with Crippen LogP contribution in [0.5, 0.6) is 0 Å². The smallest absolute Gasteiger partial charge is 0.299 e. The van der Waals surface area contributed by atoms with Crippen LogP contribution in [0.1, 0.15) is 22.3 Å². The minimum absolute atomic E-state index is 0.442. The maximum Gasteiger partial charge on any atom is 0.299 e. The zero-order valence-corrected chi connectivity index (χ0v) is 13.6. The molecule has 1 aliphatic heterocycles. The zero-order chi connectivity index (χ0) is 17.2. The summed E-state index contributed by atoms with van der Waals surface area (Å²) in [5, 5.41) is 0. The SMILES string of the molecule is O=C1C(=O)N(CCCc2ccccc2)c2ccc(-c3ccco3)cc21. The van der Waals surface area contributed by atoms with Crippen molar-refractivity contribution in [2.24, 2.45) is 0 Å². The van der Waals surface area contributed by atoms with Crippen molar-refractivity contribution in [1.82, 2.24) is 0 Å². The van der Waals surface area contributed by atoms with Crippen molar-refractivity contribution in [3.05, 3.63) is 78.1 Å². The van der Waals surface area contributed by atoms with Crippen LogP contribution in [0.3, 0.4) is 0 Å². The van der Waals surface area contributed by atoms with E-state index >= 15 is 0 Å². The van der Waals surface area contributed by atoms with Crippen molar-refractivity contribution in [1.29, 1.82) is 0 Å². The fourth-order valence-corrected chi connectivity index (χ4v) is 3.20. The number of ketones is 1. The summed E-state index contributed by atoms with van der Waals surface area (Å²) in [6.45, 7) is 0.534. The number of carbonyl (C=O) groups excluding carboxylic acids is 2. The molecule has 0 unspecified atom stereocenters. The number of Topliss-reactive ketones (excluding diaryl/α,β-unsaturated/α-hetero) is 1. The Bertz CT molecular complexity index is 914. The fraction of sp³-hybridized carbons (Fsp3) is 0.143. The maximum atomic E-state index is 12.4. The number of hydrogen-bond acceptors (Lipinski definition) is 3. The van der Waals surface area contributed by atoms with Crippen molar-refractivity contribution >= 4 is 17.4 Å². The van der Waals surface area contributed by atoms with Crippen LogP contribution in [0.2, 0.25) is 0 Å². The van der Waals surface area contributed by atoms with Crippen LogP contribution >= 0.6 is 0 Å². The van der Waals surface area contributed by atoms with Gasteiger partial charge in [-0.05, 0) is 48.7 Å². The summed E-state index contributed by atoms with van der Waals surface area (Å²) in [7, 11) is 0. The average molecular weight is 331 g/mol. The molecule has 0 radical (unpaired) electrons. The van der Waals surface area contributed by atoms with E-state index in [1.165, 1.54) is 5.56 Å². The van der Waals surface area contributed by atoms with Gasteiger partial charge in [0.05, 0.1) is 17.5 Å². The Morgan fingerprint density at radius 2 is 1.76 bits per heavy atom. The molecule has 4 rings (SSSR count). The van der Waals surface area contributed by atoms with Crippen LogP contribution in [0, 0.1) is 0 Å². The number of hydrogen-bond donors (Lipinski definition) is 0. The molecule has 0 fully saturated rings. The first-order valence-electron chi connectivity index (χ1n) is 8.32. The normalized spacial score (nSPS) is 13.4. The first kappa shape index (κ1) is 15.4. The topological polar surface area (TPSA) is 50.5 Å². The van der Waals surface area contributed by atoms with E-state index < -0.39 is 11.7 Å². The van der Waals surface area contributed by atoms with Crippen molar-refractivity contribution in [2.75, 3.05) is 11.4 Å². The molecule has 124 valence electrons. The van der Waals surface area contributed by atoms with Crippen molar-refractivity contribution in [2.45, 2.75) is 12.8 Å². The van der Waals surface area contributed by atoms with Gasteiger partial charge in [0.1, 0.15) is 5.76 Å². The van der Waals surface area contributed by atoms with Crippen LogP contribution in [-0.2, 0) is 11.2 Å². The summed E-state index contributed by atoms with van der Waals surface area (Å²) >= 11 is 0. The molecule has 0 atom stereocenters. The van der Waals surface area contributed by atoms with E-state index in [9.17, 15) is 9.59 Å². The first-order chi connectivity index (χ1) is 12.2. The molecular weight excluding hydrogens is 314 g/mol. The highest BCUT2D eigenvalue weighted by Crippen LogP contribution is 2.33. The third-order valence-corrected chi connectivity index (χ3v) is 4.47. The van der Waals surface area contributed by atoms with Gasteiger partial charge in [0.2, 0.25) is 0 Å². The standard InChI is InChI=1S/C21H17NO3/c23-20-17-14-16(19-9-5-13-25-19)10-11-18(17)22(21(20)24)12-4-8-15-6-2-1-3-7-15/h1-3,5-7,9-11,13-14H,4,8,12H2. The molecule has 1 aromatic heterocycles. The number of benzene rings is 2. The summed E-state index contributed by atoms with van der Waals surface area (Å²) in [6.07, 6.45) is 3.27. The molecule has 0 N–H and O–H groups in total. The van der Waals surface area contributed by atoms with Crippen molar-refractivity contribution in [3.63, 3.8) is 0 Å². The lowest BCUT2D eigenvalue weighted by Gasteiger charge is -2.16. The fourth-order valence-electron chi connectivity index (χ4n) is 3.20. The highest BCUT2D eigenvalue weighted by atomic mass is 16.3. The first-order valence-corrected chi connectivity index (χ1v) is 8.32. The van der Waals surface area contributed by atoms with E-state index in [0.717, 1.165) is 18.4 Å². The second kappa shape index (κ2) is 6.40. The third kappa shape index (κ3) is 2.87. The van der Waals surface area contributed by atoms with Crippen LogP contribution < -0.4 is 4.90 Å². The van der Waals surface area contributed by atoms with E-state index in [4.69, 9.17) is 4.42 Å². The van der Waals surface area contributed by atoms with E-state index in [2.05, 4.69) is 12.1 Å². The predicted molar refractivity (Wildman–Crippen MR) is 95.6 cm³/mol. The molecule has 4 heteroatoms. The second-order valence-electron chi connectivity index (χ2n) is 6.08. The minimum atomic E-state index is -0.445. The van der Waals surface area contributed by atoms with Gasteiger partial charge in [-0.1, -0.05) is 30.3 Å². The number of carbonyl (C=O) groups is 2. The Balaban J connectivity index is 1.53. The number of amides is 1. The highest BCUT2D eigenvalue weighted by molar-refractivity contribution is 6.52. The van der Waals surface area contributed by atoms with Gasteiger partial charge in [0.15, 0.2) is 0 Å². The molecule has 2 aromatic carbocycles. The van der Waals surface area contributed by atoms with Crippen LogP contribution in [0.25, 0.3) is 11.3 Å². The summed E-state index contributed by atoms with van der Waals surface area (Å²) < 4.78 is 5.37. The van der Waals surface area contributed by atoms with Gasteiger partial charge in [-0.3, -0.25) is 9.59 Å². The monoisotopic (exact) mass is 331 g/mol. The van der Waals surface area contributed by atoms with Gasteiger partial charge in [0.25, 0.3) is 11.7 Å². The van der Waals surface area contributed by atoms with Crippen LogP contribution in [0.15, 0.2) is 71.3 Å². The number of nitrogens with zero attached hydrogens (tertiary/aromatic N) is 1. The van der Waals surface area contributed by atoms with Gasteiger partial charge in [0, 0.05) is 12.1 Å². The van der Waals surface area contributed by atoms with E-state index in [1.807, 2.05) is 36.4 Å². The van der Waals surface area contributed by atoms with Crippen LogP contribution in [-0.4, -0.2) is 18.2 Å². The molecule has 0 saturated carbocycles. The molecule has 2 heterocycles. The summed E-state index contributed by atoms with van der Waals surface area (Å²) in [4.78, 5) is 26.3. The molecule has 25 heavy (non-hydrogen) atoms. The lowest BCUT2D eigenvalue weighted by atomic mass is 10.1. The Labute approximate surface area is 145 Å². The largest absolute Gasteiger partial charge is 0.464 e.